The van der Waals surface area contributed by atoms with Gasteiger partial charge in [-0.2, -0.15) is 11.3 Å². The maximum absolute atomic E-state index is 13.1. The summed E-state index contributed by atoms with van der Waals surface area (Å²) in [6, 6.07) is 5.50. The number of likely N-dealkylation sites (tertiary alicyclic amines) is 1. The van der Waals surface area contributed by atoms with E-state index >= 15 is 0 Å². The fourth-order valence-electron chi connectivity index (χ4n) is 3.87. The zero-order chi connectivity index (χ0) is 16.7. The molecule has 4 rings (SSSR count). The summed E-state index contributed by atoms with van der Waals surface area (Å²) in [6.07, 6.45) is 2.52. The molecule has 2 saturated heterocycles. The summed E-state index contributed by atoms with van der Waals surface area (Å²) >= 11 is 1.60. The number of amides is 2. The molecule has 2 aliphatic heterocycles. The average Bonchev–Trinajstić information content (AvgIpc) is 3.31. The van der Waals surface area contributed by atoms with Crippen LogP contribution >= 0.6 is 11.3 Å². The number of piperidine rings is 1. The maximum atomic E-state index is 13.1. The molecule has 0 aliphatic carbocycles. The van der Waals surface area contributed by atoms with Crippen molar-refractivity contribution in [2.45, 2.75) is 26.2 Å². The normalized spacial score (nSPS) is 24.1. The van der Waals surface area contributed by atoms with E-state index in [0.717, 1.165) is 37.3 Å². The summed E-state index contributed by atoms with van der Waals surface area (Å²) in [4.78, 5) is 29.4. The number of furan rings is 1. The quantitative estimate of drug-likeness (QED) is 0.840. The lowest BCUT2D eigenvalue weighted by molar-refractivity contribution is -0.127. The van der Waals surface area contributed by atoms with Crippen LogP contribution in [0.4, 0.5) is 5.69 Å². The standard InChI is InChI=1S/C18H20N2O3S/c1-13-3-4-15(23-13)16(21)19-8-2-6-18(12-19)7-9-20(17(18)22)14-5-10-24-11-14/h3-5,10-11H,2,6-9,12H2,1H3/t18-/m1/s1. The first-order chi connectivity index (χ1) is 11.6. The van der Waals surface area contributed by atoms with Crippen molar-refractivity contribution < 1.29 is 14.0 Å². The van der Waals surface area contributed by atoms with E-state index in [1.807, 2.05) is 28.7 Å². The van der Waals surface area contributed by atoms with Crippen molar-refractivity contribution in [3.05, 3.63) is 40.5 Å². The SMILES string of the molecule is Cc1ccc(C(=O)N2CCC[C@@]3(CCN(c4ccsc4)C3=O)C2)o1. The zero-order valence-electron chi connectivity index (χ0n) is 13.7. The highest BCUT2D eigenvalue weighted by Crippen LogP contribution is 2.42. The van der Waals surface area contributed by atoms with E-state index in [1.54, 1.807) is 28.4 Å². The highest BCUT2D eigenvalue weighted by Gasteiger charge is 2.50. The van der Waals surface area contributed by atoms with Crippen LogP contribution in [0.2, 0.25) is 0 Å². The van der Waals surface area contributed by atoms with Gasteiger partial charge >= 0.3 is 0 Å². The Morgan fingerprint density at radius 2 is 2.12 bits per heavy atom. The molecule has 0 unspecified atom stereocenters. The van der Waals surface area contributed by atoms with E-state index in [2.05, 4.69) is 0 Å². The van der Waals surface area contributed by atoms with Gasteiger partial charge in [-0.3, -0.25) is 9.59 Å². The predicted octanol–water partition coefficient (Wildman–Crippen LogP) is 3.31. The number of carbonyl (C=O) groups is 2. The van der Waals surface area contributed by atoms with E-state index in [1.165, 1.54) is 0 Å². The third-order valence-electron chi connectivity index (χ3n) is 5.15. The first-order valence-corrected chi connectivity index (χ1v) is 9.23. The number of rotatable bonds is 2. The number of carbonyl (C=O) groups excluding carboxylic acids is 2. The molecule has 1 spiro atoms. The Morgan fingerprint density at radius 3 is 2.83 bits per heavy atom. The van der Waals surface area contributed by atoms with Gasteiger partial charge in [0.15, 0.2) is 5.76 Å². The Hall–Kier alpha value is -2.08. The molecule has 2 aromatic rings. The molecular formula is C18H20N2O3S. The van der Waals surface area contributed by atoms with Gasteiger partial charge in [0.2, 0.25) is 5.91 Å². The van der Waals surface area contributed by atoms with Crippen LogP contribution in [-0.4, -0.2) is 36.3 Å². The lowest BCUT2D eigenvalue weighted by Crippen LogP contribution is -2.49. The second kappa shape index (κ2) is 5.77. The molecule has 4 heterocycles. The third kappa shape index (κ3) is 2.45. The molecule has 126 valence electrons. The minimum Gasteiger partial charge on any atom is -0.456 e. The molecular weight excluding hydrogens is 324 g/mol. The Balaban J connectivity index is 1.54. The van der Waals surface area contributed by atoms with E-state index in [0.29, 0.717) is 18.8 Å². The van der Waals surface area contributed by atoms with Crippen LogP contribution in [0.15, 0.2) is 33.4 Å². The number of aryl methyl sites for hydroxylation is 1. The highest BCUT2D eigenvalue weighted by molar-refractivity contribution is 7.08. The maximum Gasteiger partial charge on any atom is 0.289 e. The molecule has 1 atom stereocenters. The van der Waals surface area contributed by atoms with Crippen LogP contribution in [0.25, 0.3) is 0 Å². The molecule has 2 fully saturated rings. The Kier molecular flexibility index (Phi) is 3.72. The van der Waals surface area contributed by atoms with Gasteiger partial charge in [0, 0.05) is 25.0 Å². The van der Waals surface area contributed by atoms with Crippen LogP contribution in [0.3, 0.4) is 0 Å². The monoisotopic (exact) mass is 344 g/mol. The van der Waals surface area contributed by atoms with Crippen LogP contribution in [0, 0.1) is 12.3 Å². The molecule has 0 radical (unpaired) electrons. The van der Waals surface area contributed by atoms with Gasteiger partial charge in [-0.1, -0.05) is 0 Å². The Labute approximate surface area is 144 Å². The summed E-state index contributed by atoms with van der Waals surface area (Å²) in [5.41, 5.74) is 0.546. The summed E-state index contributed by atoms with van der Waals surface area (Å²) in [5.74, 6) is 1.15. The molecule has 0 bridgehead atoms. The smallest absolute Gasteiger partial charge is 0.289 e. The third-order valence-corrected chi connectivity index (χ3v) is 5.82. The van der Waals surface area contributed by atoms with E-state index in [4.69, 9.17) is 4.42 Å². The largest absolute Gasteiger partial charge is 0.456 e. The van der Waals surface area contributed by atoms with E-state index in [-0.39, 0.29) is 11.8 Å². The lowest BCUT2D eigenvalue weighted by Gasteiger charge is -2.38. The van der Waals surface area contributed by atoms with Crippen LogP contribution < -0.4 is 4.90 Å². The second-order valence-electron chi connectivity index (χ2n) is 6.71. The van der Waals surface area contributed by atoms with Gasteiger partial charge in [-0.05, 0) is 49.8 Å². The van der Waals surface area contributed by atoms with E-state index < -0.39 is 5.41 Å². The van der Waals surface area contributed by atoms with Crippen molar-refractivity contribution in [1.29, 1.82) is 0 Å². The van der Waals surface area contributed by atoms with Gasteiger partial charge in [0.25, 0.3) is 5.91 Å². The minimum absolute atomic E-state index is 0.107. The lowest BCUT2D eigenvalue weighted by atomic mass is 9.78. The van der Waals surface area contributed by atoms with Crippen molar-refractivity contribution in [2.75, 3.05) is 24.5 Å². The van der Waals surface area contributed by atoms with Gasteiger partial charge in [0.1, 0.15) is 5.76 Å². The molecule has 2 aromatic heterocycles. The first kappa shape index (κ1) is 15.4. The average molecular weight is 344 g/mol. The van der Waals surface area contributed by atoms with Crippen molar-refractivity contribution in [3.8, 4) is 0 Å². The number of thiophene rings is 1. The van der Waals surface area contributed by atoms with Crippen molar-refractivity contribution in [3.63, 3.8) is 0 Å². The van der Waals surface area contributed by atoms with Gasteiger partial charge in [-0.25, -0.2) is 0 Å². The fourth-order valence-corrected chi connectivity index (χ4v) is 4.51. The fraction of sp³-hybridized carbons (Fsp3) is 0.444. The second-order valence-corrected chi connectivity index (χ2v) is 7.49. The van der Waals surface area contributed by atoms with Gasteiger partial charge in [0.05, 0.1) is 11.1 Å². The van der Waals surface area contributed by atoms with E-state index in [9.17, 15) is 9.59 Å². The highest BCUT2D eigenvalue weighted by atomic mass is 32.1. The summed E-state index contributed by atoms with van der Waals surface area (Å²) in [6.45, 7) is 3.74. The molecule has 0 N–H and O–H groups in total. The minimum atomic E-state index is -0.433. The first-order valence-electron chi connectivity index (χ1n) is 8.29. The molecule has 2 aliphatic rings. The molecule has 2 amide bonds. The summed E-state index contributed by atoms with van der Waals surface area (Å²) < 4.78 is 5.47. The van der Waals surface area contributed by atoms with Crippen molar-refractivity contribution in [1.82, 2.24) is 4.90 Å². The summed E-state index contributed by atoms with van der Waals surface area (Å²) in [7, 11) is 0. The van der Waals surface area contributed by atoms with Gasteiger partial charge in [-0.15, -0.1) is 0 Å². The van der Waals surface area contributed by atoms with Crippen LogP contribution in [-0.2, 0) is 4.79 Å². The molecule has 5 nitrogen and oxygen atoms in total. The summed E-state index contributed by atoms with van der Waals surface area (Å²) in [5, 5.41) is 4.00. The van der Waals surface area contributed by atoms with Crippen LogP contribution in [0.5, 0.6) is 0 Å². The number of hydrogen-bond donors (Lipinski definition) is 0. The Bertz CT molecular complexity index is 767. The van der Waals surface area contributed by atoms with Crippen molar-refractivity contribution in [2.24, 2.45) is 5.41 Å². The number of hydrogen-bond acceptors (Lipinski definition) is 4. The van der Waals surface area contributed by atoms with Crippen molar-refractivity contribution >= 4 is 28.8 Å². The number of anilines is 1. The molecule has 24 heavy (non-hydrogen) atoms. The molecule has 6 heteroatoms. The molecule has 0 saturated carbocycles. The zero-order valence-corrected chi connectivity index (χ0v) is 14.5. The number of nitrogens with zero attached hydrogens (tertiary/aromatic N) is 2. The van der Waals surface area contributed by atoms with Gasteiger partial charge < -0.3 is 14.2 Å². The van der Waals surface area contributed by atoms with Crippen LogP contribution in [0.1, 0.15) is 35.6 Å². The Morgan fingerprint density at radius 1 is 1.25 bits per heavy atom. The predicted molar refractivity (Wildman–Crippen MR) is 92.3 cm³/mol. The topological polar surface area (TPSA) is 53.8 Å². The molecule has 0 aromatic carbocycles.